The highest BCUT2D eigenvalue weighted by atomic mass is 16.5. The van der Waals surface area contributed by atoms with Gasteiger partial charge in [-0.1, -0.05) is 32.9 Å². The van der Waals surface area contributed by atoms with Crippen LogP contribution in [0.25, 0.3) is 0 Å². The Bertz CT molecular complexity index is 449. The second-order valence-corrected chi connectivity index (χ2v) is 6.53. The monoisotopic (exact) mass is 291 g/mol. The topological polar surface area (TPSA) is 52.3 Å². The van der Waals surface area contributed by atoms with E-state index in [2.05, 4.69) is 20.8 Å². The van der Waals surface area contributed by atoms with Gasteiger partial charge in [-0.2, -0.15) is 0 Å². The molecule has 1 atom stereocenters. The molecular weight excluding hydrogens is 262 g/mol. The van der Waals surface area contributed by atoms with Gasteiger partial charge in [0.15, 0.2) is 5.78 Å². The quantitative estimate of drug-likeness (QED) is 0.735. The molecule has 0 aliphatic carbocycles. The standard InChI is InChI=1S/C18H29NO2/c1-5-21-17-9-7-6-8-15(17)16(20)11-10-14(12-13-19)18(2,3)4/h6-9,14H,5,10-13,19H2,1-4H3. The summed E-state index contributed by atoms with van der Waals surface area (Å²) in [6.45, 7) is 9.82. The van der Waals surface area contributed by atoms with Crippen LogP contribution < -0.4 is 10.5 Å². The molecule has 0 aliphatic heterocycles. The Labute approximate surface area is 128 Å². The van der Waals surface area contributed by atoms with E-state index < -0.39 is 0 Å². The summed E-state index contributed by atoms with van der Waals surface area (Å²) in [5, 5.41) is 0. The summed E-state index contributed by atoms with van der Waals surface area (Å²) < 4.78 is 5.54. The lowest BCUT2D eigenvalue weighted by Gasteiger charge is -2.30. The summed E-state index contributed by atoms with van der Waals surface area (Å²) in [6.07, 6.45) is 2.38. The average Bonchev–Trinajstić information content (AvgIpc) is 2.43. The van der Waals surface area contributed by atoms with Gasteiger partial charge in [0.2, 0.25) is 0 Å². The van der Waals surface area contributed by atoms with Crippen LogP contribution in [-0.4, -0.2) is 18.9 Å². The van der Waals surface area contributed by atoms with Gasteiger partial charge < -0.3 is 10.5 Å². The molecule has 21 heavy (non-hydrogen) atoms. The Kier molecular flexibility index (Phi) is 6.90. The van der Waals surface area contributed by atoms with Gasteiger partial charge in [0, 0.05) is 6.42 Å². The summed E-state index contributed by atoms with van der Waals surface area (Å²) in [5.41, 5.74) is 6.58. The van der Waals surface area contributed by atoms with E-state index in [1.54, 1.807) is 0 Å². The fourth-order valence-corrected chi connectivity index (χ4v) is 2.63. The molecule has 1 unspecified atom stereocenters. The predicted molar refractivity (Wildman–Crippen MR) is 87.8 cm³/mol. The van der Waals surface area contributed by atoms with Gasteiger partial charge in [0.25, 0.3) is 0 Å². The van der Waals surface area contributed by atoms with E-state index in [0.29, 0.717) is 36.8 Å². The molecule has 0 radical (unpaired) electrons. The van der Waals surface area contributed by atoms with Gasteiger partial charge in [-0.25, -0.2) is 0 Å². The largest absolute Gasteiger partial charge is 0.493 e. The number of Topliss-reactive ketones (excluding diaryl/α,β-unsaturated/α-hetero) is 1. The first-order valence-corrected chi connectivity index (χ1v) is 7.85. The second kappa shape index (κ2) is 8.18. The number of ether oxygens (including phenoxy) is 1. The zero-order valence-corrected chi connectivity index (χ0v) is 13.8. The number of benzene rings is 1. The van der Waals surface area contributed by atoms with Gasteiger partial charge in [0.05, 0.1) is 12.2 Å². The third-order valence-corrected chi connectivity index (χ3v) is 3.95. The molecule has 1 aromatic rings. The van der Waals surface area contributed by atoms with Crippen molar-refractivity contribution in [3.63, 3.8) is 0 Å². The lowest BCUT2D eigenvalue weighted by molar-refractivity contribution is 0.0954. The second-order valence-electron chi connectivity index (χ2n) is 6.53. The minimum Gasteiger partial charge on any atom is -0.493 e. The molecule has 3 nitrogen and oxygen atoms in total. The molecular formula is C18H29NO2. The molecule has 0 saturated carbocycles. The van der Waals surface area contributed by atoms with Crippen molar-refractivity contribution in [2.45, 2.75) is 47.0 Å². The number of hydrogen-bond acceptors (Lipinski definition) is 3. The van der Waals surface area contributed by atoms with Gasteiger partial charge in [0.1, 0.15) is 5.75 Å². The first-order valence-electron chi connectivity index (χ1n) is 7.85. The first kappa shape index (κ1) is 17.7. The van der Waals surface area contributed by atoms with Crippen molar-refractivity contribution in [2.75, 3.05) is 13.2 Å². The minimum atomic E-state index is 0.158. The maximum Gasteiger partial charge on any atom is 0.166 e. The van der Waals surface area contributed by atoms with Crippen molar-refractivity contribution in [1.29, 1.82) is 0 Å². The summed E-state index contributed by atoms with van der Waals surface area (Å²) in [6, 6.07) is 7.49. The molecule has 0 amide bonds. The van der Waals surface area contributed by atoms with E-state index in [-0.39, 0.29) is 11.2 Å². The number of carbonyl (C=O) groups excluding carboxylic acids is 1. The number of carbonyl (C=O) groups is 1. The van der Waals surface area contributed by atoms with E-state index in [1.165, 1.54) is 0 Å². The maximum atomic E-state index is 12.5. The Morgan fingerprint density at radius 2 is 1.90 bits per heavy atom. The van der Waals surface area contributed by atoms with Gasteiger partial charge in [-0.05, 0) is 49.8 Å². The molecule has 0 aromatic heterocycles. The van der Waals surface area contributed by atoms with E-state index in [0.717, 1.165) is 12.8 Å². The molecule has 3 heteroatoms. The van der Waals surface area contributed by atoms with Crippen molar-refractivity contribution in [2.24, 2.45) is 17.1 Å². The van der Waals surface area contributed by atoms with Crippen molar-refractivity contribution in [3.05, 3.63) is 29.8 Å². The summed E-state index contributed by atoms with van der Waals surface area (Å²) in [7, 11) is 0. The maximum absolute atomic E-state index is 12.5. The molecule has 0 bridgehead atoms. The number of rotatable bonds is 8. The highest BCUT2D eigenvalue weighted by molar-refractivity contribution is 5.98. The molecule has 1 aromatic carbocycles. The lowest BCUT2D eigenvalue weighted by atomic mass is 9.75. The van der Waals surface area contributed by atoms with Gasteiger partial charge >= 0.3 is 0 Å². The van der Waals surface area contributed by atoms with Crippen molar-refractivity contribution >= 4 is 5.78 Å². The van der Waals surface area contributed by atoms with Crippen LogP contribution in [0.1, 0.15) is 57.3 Å². The number of nitrogens with two attached hydrogens (primary N) is 1. The van der Waals surface area contributed by atoms with Crippen LogP contribution in [0.2, 0.25) is 0 Å². The van der Waals surface area contributed by atoms with Crippen LogP contribution in [0.5, 0.6) is 5.75 Å². The SMILES string of the molecule is CCOc1ccccc1C(=O)CCC(CCN)C(C)(C)C. The fraction of sp³-hybridized carbons (Fsp3) is 0.611. The Morgan fingerprint density at radius 3 is 2.48 bits per heavy atom. The molecule has 0 spiro atoms. The molecule has 118 valence electrons. The van der Waals surface area contributed by atoms with E-state index in [4.69, 9.17) is 10.5 Å². The summed E-state index contributed by atoms with van der Waals surface area (Å²) >= 11 is 0. The average molecular weight is 291 g/mol. The van der Waals surface area contributed by atoms with Crippen LogP contribution in [0.3, 0.4) is 0 Å². The third kappa shape index (κ3) is 5.50. The normalized spacial score (nSPS) is 13.0. The Hall–Kier alpha value is -1.35. The molecule has 0 fully saturated rings. The highest BCUT2D eigenvalue weighted by Gasteiger charge is 2.25. The van der Waals surface area contributed by atoms with Gasteiger partial charge in [-0.15, -0.1) is 0 Å². The minimum absolute atomic E-state index is 0.158. The van der Waals surface area contributed by atoms with E-state index in [9.17, 15) is 4.79 Å². The molecule has 0 aliphatic rings. The van der Waals surface area contributed by atoms with Crippen LogP contribution >= 0.6 is 0 Å². The van der Waals surface area contributed by atoms with E-state index >= 15 is 0 Å². The van der Waals surface area contributed by atoms with Crippen molar-refractivity contribution in [1.82, 2.24) is 0 Å². The zero-order chi connectivity index (χ0) is 15.9. The number of para-hydroxylation sites is 1. The van der Waals surface area contributed by atoms with Crippen molar-refractivity contribution in [3.8, 4) is 5.75 Å². The van der Waals surface area contributed by atoms with Gasteiger partial charge in [-0.3, -0.25) is 4.79 Å². The van der Waals surface area contributed by atoms with Crippen LogP contribution in [-0.2, 0) is 0 Å². The molecule has 1 rings (SSSR count). The number of hydrogen-bond donors (Lipinski definition) is 1. The zero-order valence-electron chi connectivity index (χ0n) is 13.8. The molecule has 2 N–H and O–H groups in total. The Morgan fingerprint density at radius 1 is 1.24 bits per heavy atom. The Balaban J connectivity index is 2.72. The highest BCUT2D eigenvalue weighted by Crippen LogP contribution is 2.33. The summed E-state index contributed by atoms with van der Waals surface area (Å²) in [5.74, 6) is 1.31. The predicted octanol–water partition coefficient (Wildman–Crippen LogP) is 4.06. The summed E-state index contributed by atoms with van der Waals surface area (Å²) in [4.78, 5) is 12.5. The van der Waals surface area contributed by atoms with E-state index in [1.807, 2.05) is 31.2 Å². The fourth-order valence-electron chi connectivity index (χ4n) is 2.63. The van der Waals surface area contributed by atoms with Crippen molar-refractivity contribution < 1.29 is 9.53 Å². The molecule has 0 heterocycles. The van der Waals surface area contributed by atoms with Crippen LogP contribution in [0.15, 0.2) is 24.3 Å². The number of ketones is 1. The molecule has 0 saturated heterocycles. The first-order chi connectivity index (χ1) is 9.90. The van der Waals surface area contributed by atoms with Crippen LogP contribution in [0.4, 0.5) is 0 Å². The lowest BCUT2D eigenvalue weighted by Crippen LogP contribution is -2.24. The van der Waals surface area contributed by atoms with Crippen LogP contribution in [0, 0.1) is 11.3 Å². The smallest absolute Gasteiger partial charge is 0.166 e. The third-order valence-electron chi connectivity index (χ3n) is 3.95.